The summed E-state index contributed by atoms with van der Waals surface area (Å²) in [5, 5.41) is 0.886. The van der Waals surface area contributed by atoms with Gasteiger partial charge < -0.3 is 10.5 Å². The second-order valence-corrected chi connectivity index (χ2v) is 4.11. The van der Waals surface area contributed by atoms with E-state index in [-0.39, 0.29) is 0 Å². The Morgan fingerprint density at radius 3 is 2.63 bits per heavy atom. The number of fused-ring (bicyclic) bond motifs is 1. The van der Waals surface area contributed by atoms with Gasteiger partial charge in [0.15, 0.2) is 0 Å². The molecule has 0 saturated heterocycles. The fourth-order valence-corrected chi connectivity index (χ4v) is 1.94. The normalized spacial score (nSPS) is 10.6. The first-order valence-corrected chi connectivity index (χ1v) is 6.04. The highest BCUT2D eigenvalue weighted by Crippen LogP contribution is 2.28. The van der Waals surface area contributed by atoms with Crippen LogP contribution in [0.2, 0.25) is 0 Å². The molecule has 0 spiro atoms. The van der Waals surface area contributed by atoms with Crippen molar-refractivity contribution in [1.82, 2.24) is 9.97 Å². The van der Waals surface area contributed by atoms with E-state index in [9.17, 15) is 0 Å². The van der Waals surface area contributed by atoms with Crippen LogP contribution in [0.15, 0.2) is 54.9 Å². The first-order valence-electron chi connectivity index (χ1n) is 6.04. The highest BCUT2D eigenvalue weighted by molar-refractivity contribution is 5.83. The molecule has 3 aromatic rings. The number of hydrogen-bond acceptors (Lipinski definition) is 4. The van der Waals surface area contributed by atoms with Crippen molar-refractivity contribution in [1.29, 1.82) is 0 Å². The minimum absolute atomic E-state index is 0.430. The molecule has 2 aromatic carbocycles. The Morgan fingerprint density at radius 2 is 1.74 bits per heavy atom. The Kier molecular flexibility index (Phi) is 3.08. The van der Waals surface area contributed by atoms with E-state index in [2.05, 4.69) is 9.97 Å². The molecule has 0 atom stereocenters. The van der Waals surface area contributed by atoms with Crippen molar-refractivity contribution in [2.24, 2.45) is 5.73 Å². The first-order chi connectivity index (χ1) is 9.38. The van der Waals surface area contributed by atoms with Crippen LogP contribution >= 0.6 is 0 Å². The summed E-state index contributed by atoms with van der Waals surface area (Å²) >= 11 is 0. The van der Waals surface area contributed by atoms with E-state index in [1.807, 2.05) is 48.5 Å². The molecule has 0 aliphatic rings. The molecule has 94 valence electrons. The topological polar surface area (TPSA) is 61.0 Å². The molecule has 0 fully saturated rings. The van der Waals surface area contributed by atoms with Crippen molar-refractivity contribution in [3.05, 3.63) is 60.4 Å². The third-order valence-corrected chi connectivity index (χ3v) is 2.91. The third kappa shape index (κ3) is 2.26. The Bertz CT molecular complexity index is 707. The smallest absolute Gasteiger partial charge is 0.230 e. The van der Waals surface area contributed by atoms with Crippen LogP contribution in [0.5, 0.6) is 11.6 Å². The maximum atomic E-state index is 5.88. The van der Waals surface area contributed by atoms with Gasteiger partial charge in [0.05, 0.1) is 10.9 Å². The van der Waals surface area contributed by atoms with Gasteiger partial charge in [-0.1, -0.05) is 30.3 Å². The van der Waals surface area contributed by atoms with Crippen LogP contribution in [0.3, 0.4) is 0 Å². The van der Waals surface area contributed by atoms with Crippen LogP contribution in [0.4, 0.5) is 0 Å². The molecule has 19 heavy (non-hydrogen) atoms. The van der Waals surface area contributed by atoms with Gasteiger partial charge in [-0.2, -0.15) is 0 Å². The van der Waals surface area contributed by atoms with Crippen LogP contribution in [0.25, 0.3) is 10.9 Å². The molecule has 0 unspecified atom stereocenters. The maximum Gasteiger partial charge on any atom is 0.230 e. The summed E-state index contributed by atoms with van der Waals surface area (Å²) in [5.74, 6) is 1.28. The lowest BCUT2D eigenvalue weighted by Crippen LogP contribution is -2.00. The van der Waals surface area contributed by atoms with Crippen molar-refractivity contribution < 1.29 is 4.74 Å². The molecule has 2 N–H and O–H groups in total. The number of rotatable bonds is 3. The second kappa shape index (κ2) is 5.04. The Hall–Kier alpha value is -2.46. The number of nitrogens with zero attached hydrogens (tertiary/aromatic N) is 2. The van der Waals surface area contributed by atoms with E-state index in [4.69, 9.17) is 10.5 Å². The molecule has 1 aromatic heterocycles. The lowest BCUT2D eigenvalue weighted by molar-refractivity contribution is 0.462. The summed E-state index contributed by atoms with van der Waals surface area (Å²) in [4.78, 5) is 8.41. The van der Waals surface area contributed by atoms with E-state index in [0.717, 1.165) is 22.2 Å². The van der Waals surface area contributed by atoms with Crippen molar-refractivity contribution in [3.63, 3.8) is 0 Å². The monoisotopic (exact) mass is 251 g/mol. The minimum atomic E-state index is 0.430. The first kappa shape index (κ1) is 11.6. The standard InChI is InChI=1S/C15H13N3O/c16-9-11-5-1-4-8-14(11)19-15-12-6-2-3-7-13(12)17-10-18-15/h1-8,10H,9,16H2. The Balaban J connectivity index is 2.06. The van der Waals surface area contributed by atoms with Crippen LogP contribution < -0.4 is 10.5 Å². The lowest BCUT2D eigenvalue weighted by atomic mass is 10.2. The highest BCUT2D eigenvalue weighted by Gasteiger charge is 2.07. The average Bonchev–Trinajstić information content (AvgIpc) is 2.48. The largest absolute Gasteiger partial charge is 0.438 e. The molecule has 3 rings (SSSR count). The number of aromatic nitrogens is 2. The predicted octanol–water partition coefficient (Wildman–Crippen LogP) is 2.88. The van der Waals surface area contributed by atoms with E-state index in [0.29, 0.717) is 12.4 Å². The molecule has 1 heterocycles. The highest BCUT2D eigenvalue weighted by atomic mass is 16.5. The maximum absolute atomic E-state index is 5.88. The molecular formula is C15H13N3O. The molecule has 0 radical (unpaired) electrons. The van der Waals surface area contributed by atoms with Gasteiger partial charge in [0, 0.05) is 12.1 Å². The van der Waals surface area contributed by atoms with Crippen molar-refractivity contribution in [2.45, 2.75) is 6.54 Å². The van der Waals surface area contributed by atoms with Gasteiger partial charge in [-0.3, -0.25) is 0 Å². The minimum Gasteiger partial charge on any atom is -0.438 e. The van der Waals surface area contributed by atoms with Gasteiger partial charge in [0.2, 0.25) is 5.88 Å². The number of benzene rings is 2. The number of nitrogens with two attached hydrogens (primary N) is 1. The fourth-order valence-electron chi connectivity index (χ4n) is 1.94. The second-order valence-electron chi connectivity index (χ2n) is 4.11. The number of para-hydroxylation sites is 2. The van der Waals surface area contributed by atoms with Crippen LogP contribution in [0.1, 0.15) is 5.56 Å². The molecule has 0 aliphatic heterocycles. The summed E-state index contributed by atoms with van der Waals surface area (Å²) in [6.07, 6.45) is 1.50. The zero-order valence-electron chi connectivity index (χ0n) is 10.3. The van der Waals surface area contributed by atoms with Crippen LogP contribution in [-0.4, -0.2) is 9.97 Å². The van der Waals surface area contributed by atoms with Gasteiger partial charge in [-0.15, -0.1) is 0 Å². The van der Waals surface area contributed by atoms with Crippen molar-refractivity contribution in [3.8, 4) is 11.6 Å². The van der Waals surface area contributed by atoms with E-state index < -0.39 is 0 Å². The van der Waals surface area contributed by atoms with Crippen molar-refractivity contribution in [2.75, 3.05) is 0 Å². The van der Waals surface area contributed by atoms with Gasteiger partial charge in [-0.25, -0.2) is 9.97 Å². The molecule has 0 aliphatic carbocycles. The average molecular weight is 251 g/mol. The van der Waals surface area contributed by atoms with E-state index >= 15 is 0 Å². The van der Waals surface area contributed by atoms with Gasteiger partial charge in [0.1, 0.15) is 12.1 Å². The molecular weight excluding hydrogens is 238 g/mol. The summed E-state index contributed by atoms with van der Waals surface area (Å²) in [5.41, 5.74) is 7.51. The van der Waals surface area contributed by atoms with E-state index in [1.54, 1.807) is 0 Å². The zero-order valence-corrected chi connectivity index (χ0v) is 10.3. The van der Waals surface area contributed by atoms with E-state index in [1.165, 1.54) is 6.33 Å². The number of hydrogen-bond donors (Lipinski definition) is 1. The number of ether oxygens (including phenoxy) is 1. The Morgan fingerprint density at radius 1 is 0.947 bits per heavy atom. The quantitative estimate of drug-likeness (QED) is 0.777. The summed E-state index contributed by atoms with van der Waals surface area (Å²) < 4.78 is 5.88. The molecule has 0 amide bonds. The lowest BCUT2D eigenvalue weighted by Gasteiger charge is -2.10. The van der Waals surface area contributed by atoms with Gasteiger partial charge in [0.25, 0.3) is 0 Å². The fraction of sp³-hybridized carbons (Fsp3) is 0.0667. The molecule has 0 saturated carbocycles. The summed E-state index contributed by atoms with van der Waals surface area (Å²) in [6, 6.07) is 15.4. The molecule has 4 nitrogen and oxygen atoms in total. The van der Waals surface area contributed by atoms with Gasteiger partial charge >= 0.3 is 0 Å². The van der Waals surface area contributed by atoms with Crippen LogP contribution in [0, 0.1) is 0 Å². The van der Waals surface area contributed by atoms with Gasteiger partial charge in [-0.05, 0) is 18.2 Å². The molecule has 0 bridgehead atoms. The summed E-state index contributed by atoms with van der Waals surface area (Å²) in [6.45, 7) is 0.430. The summed E-state index contributed by atoms with van der Waals surface area (Å²) in [7, 11) is 0. The Labute approximate surface area is 110 Å². The molecule has 4 heteroatoms. The van der Waals surface area contributed by atoms with Crippen molar-refractivity contribution >= 4 is 10.9 Å². The zero-order chi connectivity index (χ0) is 13.1. The third-order valence-electron chi connectivity index (χ3n) is 2.91. The SMILES string of the molecule is NCc1ccccc1Oc1ncnc2ccccc12. The predicted molar refractivity (Wildman–Crippen MR) is 73.9 cm³/mol. The van der Waals surface area contributed by atoms with Crippen LogP contribution in [-0.2, 0) is 6.54 Å².